The standard InChI is InChI=1S/C14H21N3O/c1-11-15-7-6-13(16-11)14-10-17(8-9-18-14)12-4-2-3-5-12/h6-7,12,14H,2-5,8-10H2,1H3/t14-/m1/s1. The van der Waals surface area contributed by atoms with Crippen molar-refractivity contribution in [1.82, 2.24) is 14.9 Å². The smallest absolute Gasteiger partial charge is 0.125 e. The summed E-state index contributed by atoms with van der Waals surface area (Å²) >= 11 is 0. The lowest BCUT2D eigenvalue weighted by molar-refractivity contribution is -0.0460. The van der Waals surface area contributed by atoms with Gasteiger partial charge in [0, 0.05) is 25.3 Å². The highest BCUT2D eigenvalue weighted by atomic mass is 16.5. The van der Waals surface area contributed by atoms with Gasteiger partial charge in [-0.05, 0) is 25.8 Å². The van der Waals surface area contributed by atoms with Crippen LogP contribution in [0.2, 0.25) is 0 Å². The van der Waals surface area contributed by atoms with Gasteiger partial charge in [0.1, 0.15) is 11.9 Å². The van der Waals surface area contributed by atoms with Crippen LogP contribution in [-0.2, 0) is 4.74 Å². The summed E-state index contributed by atoms with van der Waals surface area (Å²) in [5.41, 5.74) is 1.03. The molecular weight excluding hydrogens is 226 g/mol. The van der Waals surface area contributed by atoms with Crippen LogP contribution in [0.25, 0.3) is 0 Å². The number of aryl methyl sites for hydroxylation is 1. The predicted octanol–water partition coefficient (Wildman–Crippen LogP) is 2.10. The Morgan fingerprint density at radius 3 is 2.94 bits per heavy atom. The van der Waals surface area contributed by atoms with Crippen molar-refractivity contribution in [3.05, 3.63) is 23.8 Å². The Hall–Kier alpha value is -1.00. The third kappa shape index (κ3) is 2.54. The number of hydrogen-bond donors (Lipinski definition) is 0. The lowest BCUT2D eigenvalue weighted by Crippen LogP contribution is -2.43. The molecular formula is C14H21N3O. The van der Waals surface area contributed by atoms with Gasteiger partial charge in [0.25, 0.3) is 0 Å². The molecule has 3 rings (SSSR count). The van der Waals surface area contributed by atoms with Gasteiger partial charge < -0.3 is 4.74 Å². The third-order valence-electron chi connectivity index (χ3n) is 4.07. The van der Waals surface area contributed by atoms with E-state index in [1.165, 1.54) is 25.7 Å². The number of morpholine rings is 1. The first kappa shape index (κ1) is 12.1. The predicted molar refractivity (Wildman–Crippen MR) is 69.3 cm³/mol. The quantitative estimate of drug-likeness (QED) is 0.802. The van der Waals surface area contributed by atoms with E-state index < -0.39 is 0 Å². The average Bonchev–Trinajstić information content (AvgIpc) is 2.93. The molecule has 18 heavy (non-hydrogen) atoms. The van der Waals surface area contributed by atoms with Gasteiger partial charge >= 0.3 is 0 Å². The fourth-order valence-corrected chi connectivity index (χ4v) is 3.10. The minimum Gasteiger partial charge on any atom is -0.369 e. The zero-order valence-corrected chi connectivity index (χ0v) is 11.0. The molecule has 1 saturated heterocycles. The summed E-state index contributed by atoms with van der Waals surface area (Å²) in [5.74, 6) is 0.828. The second-order valence-electron chi connectivity index (χ2n) is 5.32. The van der Waals surface area contributed by atoms with Crippen LogP contribution < -0.4 is 0 Å². The first-order chi connectivity index (χ1) is 8.83. The van der Waals surface area contributed by atoms with Crippen LogP contribution in [0.5, 0.6) is 0 Å². The molecule has 0 aromatic carbocycles. The van der Waals surface area contributed by atoms with E-state index in [9.17, 15) is 0 Å². The van der Waals surface area contributed by atoms with Crippen molar-refractivity contribution in [3.8, 4) is 0 Å². The Labute approximate surface area is 108 Å². The van der Waals surface area contributed by atoms with E-state index in [0.29, 0.717) is 0 Å². The molecule has 1 aliphatic carbocycles. The molecule has 0 amide bonds. The summed E-state index contributed by atoms with van der Waals surface area (Å²) in [4.78, 5) is 11.2. The SMILES string of the molecule is Cc1nccc([C@H]2CN(C3CCCC3)CCO2)n1. The molecule has 2 fully saturated rings. The molecule has 1 aromatic rings. The first-order valence-electron chi connectivity index (χ1n) is 6.98. The zero-order chi connectivity index (χ0) is 12.4. The summed E-state index contributed by atoms with van der Waals surface area (Å²) in [6, 6.07) is 2.76. The van der Waals surface area contributed by atoms with Crippen molar-refractivity contribution < 1.29 is 4.74 Å². The summed E-state index contributed by atoms with van der Waals surface area (Å²) in [5, 5.41) is 0. The van der Waals surface area contributed by atoms with E-state index in [0.717, 1.165) is 37.3 Å². The van der Waals surface area contributed by atoms with E-state index in [4.69, 9.17) is 4.74 Å². The van der Waals surface area contributed by atoms with Gasteiger partial charge in [-0.15, -0.1) is 0 Å². The van der Waals surface area contributed by atoms with Crippen LogP contribution in [0.3, 0.4) is 0 Å². The van der Waals surface area contributed by atoms with E-state index in [1.54, 1.807) is 0 Å². The van der Waals surface area contributed by atoms with Gasteiger partial charge in [-0.1, -0.05) is 12.8 Å². The van der Waals surface area contributed by atoms with Gasteiger partial charge in [-0.2, -0.15) is 0 Å². The Bertz CT molecular complexity index is 404. The second-order valence-corrected chi connectivity index (χ2v) is 5.32. The Balaban J connectivity index is 1.69. The molecule has 1 saturated carbocycles. The monoisotopic (exact) mass is 247 g/mol. The van der Waals surface area contributed by atoms with E-state index in [1.807, 2.05) is 19.2 Å². The number of ether oxygens (including phenoxy) is 1. The largest absolute Gasteiger partial charge is 0.369 e. The van der Waals surface area contributed by atoms with Crippen molar-refractivity contribution in [1.29, 1.82) is 0 Å². The number of rotatable bonds is 2. The molecule has 1 aliphatic heterocycles. The summed E-state index contributed by atoms with van der Waals surface area (Å²) in [7, 11) is 0. The maximum absolute atomic E-state index is 5.88. The van der Waals surface area contributed by atoms with E-state index >= 15 is 0 Å². The van der Waals surface area contributed by atoms with Crippen molar-refractivity contribution in [2.24, 2.45) is 0 Å². The van der Waals surface area contributed by atoms with Gasteiger partial charge in [0.05, 0.1) is 12.3 Å². The van der Waals surface area contributed by atoms with Gasteiger partial charge in [-0.25, -0.2) is 9.97 Å². The van der Waals surface area contributed by atoms with Crippen LogP contribution in [0.1, 0.15) is 43.3 Å². The summed E-state index contributed by atoms with van der Waals surface area (Å²) < 4.78 is 5.88. The van der Waals surface area contributed by atoms with Gasteiger partial charge in [0.15, 0.2) is 0 Å². The molecule has 0 N–H and O–H groups in total. The highest BCUT2D eigenvalue weighted by Gasteiger charge is 2.29. The lowest BCUT2D eigenvalue weighted by Gasteiger charge is -2.36. The maximum Gasteiger partial charge on any atom is 0.125 e. The molecule has 1 aromatic heterocycles. The number of aromatic nitrogens is 2. The number of nitrogens with zero attached hydrogens (tertiary/aromatic N) is 3. The van der Waals surface area contributed by atoms with Crippen LogP contribution in [0.4, 0.5) is 0 Å². The van der Waals surface area contributed by atoms with Gasteiger partial charge in [-0.3, -0.25) is 4.90 Å². The highest BCUT2D eigenvalue weighted by molar-refractivity contribution is 5.07. The van der Waals surface area contributed by atoms with Crippen LogP contribution in [0.15, 0.2) is 12.3 Å². The van der Waals surface area contributed by atoms with Crippen molar-refractivity contribution in [2.45, 2.75) is 44.8 Å². The van der Waals surface area contributed by atoms with Crippen molar-refractivity contribution in [3.63, 3.8) is 0 Å². The Morgan fingerprint density at radius 1 is 1.33 bits per heavy atom. The third-order valence-corrected chi connectivity index (χ3v) is 4.07. The fraction of sp³-hybridized carbons (Fsp3) is 0.714. The molecule has 98 valence electrons. The van der Waals surface area contributed by atoms with Crippen LogP contribution in [-0.4, -0.2) is 40.6 Å². The normalized spacial score (nSPS) is 26.6. The molecule has 0 spiro atoms. The maximum atomic E-state index is 5.88. The molecule has 2 heterocycles. The van der Waals surface area contributed by atoms with Crippen molar-refractivity contribution in [2.75, 3.05) is 19.7 Å². The van der Waals surface area contributed by atoms with Crippen LogP contribution >= 0.6 is 0 Å². The van der Waals surface area contributed by atoms with Crippen molar-refractivity contribution >= 4 is 0 Å². The molecule has 4 heteroatoms. The molecule has 1 atom stereocenters. The summed E-state index contributed by atoms with van der Waals surface area (Å²) in [6.07, 6.45) is 7.44. The molecule has 0 unspecified atom stereocenters. The summed E-state index contributed by atoms with van der Waals surface area (Å²) in [6.45, 7) is 4.82. The molecule has 0 radical (unpaired) electrons. The van der Waals surface area contributed by atoms with E-state index in [-0.39, 0.29) is 6.10 Å². The molecule has 2 aliphatic rings. The highest BCUT2D eigenvalue weighted by Crippen LogP contribution is 2.28. The Kier molecular flexibility index (Phi) is 3.57. The lowest BCUT2D eigenvalue weighted by atomic mass is 10.1. The Morgan fingerprint density at radius 2 is 2.17 bits per heavy atom. The van der Waals surface area contributed by atoms with Gasteiger partial charge in [0.2, 0.25) is 0 Å². The number of hydrogen-bond acceptors (Lipinski definition) is 4. The minimum atomic E-state index is 0.126. The zero-order valence-electron chi connectivity index (χ0n) is 11.0. The second kappa shape index (κ2) is 5.33. The van der Waals surface area contributed by atoms with E-state index in [2.05, 4.69) is 14.9 Å². The topological polar surface area (TPSA) is 38.2 Å². The molecule has 0 bridgehead atoms. The molecule has 4 nitrogen and oxygen atoms in total. The van der Waals surface area contributed by atoms with Crippen LogP contribution in [0, 0.1) is 6.92 Å². The average molecular weight is 247 g/mol. The fourth-order valence-electron chi connectivity index (χ4n) is 3.10. The minimum absolute atomic E-state index is 0.126. The first-order valence-corrected chi connectivity index (χ1v) is 6.98.